The molecule has 10 rings (SSSR count). The fraction of sp³-hybridized carbons (Fsp3) is 0.120. The molecule has 0 amide bonds. The van der Waals surface area contributed by atoms with Crippen molar-refractivity contribution in [1.82, 2.24) is 0 Å². The highest BCUT2D eigenvalue weighted by molar-refractivity contribution is 6.08. The summed E-state index contributed by atoms with van der Waals surface area (Å²) in [7, 11) is 0. The molecule has 0 fully saturated rings. The van der Waals surface area contributed by atoms with Gasteiger partial charge in [0.2, 0.25) is 0 Å². The number of nitrogens with zero attached hydrogens (tertiary/aromatic N) is 1. The molecule has 2 nitrogen and oxygen atoms in total. The summed E-state index contributed by atoms with van der Waals surface area (Å²) in [6, 6.07) is 44.0. The summed E-state index contributed by atoms with van der Waals surface area (Å²) in [6.07, 6.45) is 12.5. The van der Waals surface area contributed by atoms with Crippen molar-refractivity contribution in [3.05, 3.63) is 197 Å². The Labute approximate surface area is 314 Å². The van der Waals surface area contributed by atoms with E-state index in [0.29, 0.717) is 11.1 Å². The molecule has 0 saturated carbocycles. The highest BCUT2D eigenvalue weighted by Gasteiger charge is 2.45. The maximum absolute atomic E-state index is 15.3. The molecular weight excluding hydrogens is 669 g/mol. The standard InChI is InChI=1S/C50H37F2NO/c1-49(2)44-31-36(52)23-27-41(44)46-40-26-22-35(51)30-43(40)48-42(47(46)49)28-29-50(54-48,33-14-5-3-6-15-33)34-20-24-38(25-21-34)53(37-16-7-4-8-17-37)45-19-11-13-32-12-9-10-18-39(32)45/h3-5,7-14,16-31H,6,15H2,1-2H3. The molecule has 1 unspecified atom stereocenters. The van der Waals surface area contributed by atoms with Gasteiger partial charge in [-0.15, -0.1) is 0 Å². The van der Waals surface area contributed by atoms with Crippen molar-refractivity contribution in [2.75, 3.05) is 4.90 Å². The van der Waals surface area contributed by atoms with E-state index >= 15 is 4.39 Å². The zero-order valence-electron chi connectivity index (χ0n) is 30.1. The third-order valence-corrected chi connectivity index (χ3v) is 11.6. The molecule has 1 atom stereocenters. The van der Waals surface area contributed by atoms with E-state index < -0.39 is 11.0 Å². The van der Waals surface area contributed by atoms with Crippen LogP contribution in [0.3, 0.4) is 0 Å². The van der Waals surface area contributed by atoms with Gasteiger partial charge in [-0.25, -0.2) is 8.78 Å². The Morgan fingerprint density at radius 3 is 2.24 bits per heavy atom. The minimum Gasteiger partial charge on any atom is -0.473 e. The number of fused-ring (bicyclic) bond motifs is 9. The van der Waals surface area contributed by atoms with Gasteiger partial charge < -0.3 is 9.64 Å². The molecule has 0 aromatic heterocycles. The first-order valence-electron chi connectivity index (χ1n) is 18.6. The van der Waals surface area contributed by atoms with Crippen LogP contribution in [0.1, 0.15) is 48.9 Å². The van der Waals surface area contributed by atoms with Gasteiger partial charge in [0.15, 0.2) is 5.60 Å². The summed E-state index contributed by atoms with van der Waals surface area (Å²) in [5, 5.41) is 3.95. The molecule has 54 heavy (non-hydrogen) atoms. The van der Waals surface area contributed by atoms with Crippen molar-refractivity contribution in [2.24, 2.45) is 0 Å². The number of halogens is 2. The second-order valence-corrected chi connectivity index (χ2v) is 15.0. The monoisotopic (exact) mass is 705 g/mol. The summed E-state index contributed by atoms with van der Waals surface area (Å²) >= 11 is 0. The largest absolute Gasteiger partial charge is 0.473 e. The number of anilines is 3. The van der Waals surface area contributed by atoms with E-state index in [0.717, 1.165) is 79.6 Å². The maximum Gasteiger partial charge on any atom is 0.174 e. The molecule has 0 spiro atoms. The summed E-state index contributed by atoms with van der Waals surface area (Å²) in [4.78, 5) is 2.30. The number of benzene rings is 7. The quantitative estimate of drug-likeness (QED) is 0.177. The van der Waals surface area contributed by atoms with Gasteiger partial charge in [0.25, 0.3) is 0 Å². The Hall–Kier alpha value is -6.26. The Morgan fingerprint density at radius 2 is 1.43 bits per heavy atom. The van der Waals surface area contributed by atoms with Gasteiger partial charge in [0.05, 0.1) is 5.69 Å². The molecule has 1 heterocycles. The van der Waals surface area contributed by atoms with E-state index in [1.165, 1.54) is 17.5 Å². The molecule has 0 saturated heterocycles. The zero-order chi connectivity index (χ0) is 36.6. The average Bonchev–Trinajstić information content (AvgIpc) is 3.44. The fourth-order valence-electron chi connectivity index (χ4n) is 9.12. The third kappa shape index (κ3) is 4.83. The van der Waals surface area contributed by atoms with Gasteiger partial charge in [0, 0.05) is 38.7 Å². The Balaban J connectivity index is 1.16. The Morgan fingerprint density at radius 1 is 0.685 bits per heavy atom. The summed E-state index contributed by atoms with van der Waals surface area (Å²) in [5.41, 5.74) is 8.73. The van der Waals surface area contributed by atoms with Crippen LogP contribution in [0.2, 0.25) is 0 Å². The summed E-state index contributed by atoms with van der Waals surface area (Å²) in [5.74, 6) is 0.0496. The third-order valence-electron chi connectivity index (χ3n) is 11.6. The highest BCUT2D eigenvalue weighted by Crippen LogP contribution is 2.58. The Kier molecular flexibility index (Phi) is 7.28. The smallest absolute Gasteiger partial charge is 0.174 e. The number of para-hydroxylation sites is 1. The zero-order valence-corrected chi connectivity index (χ0v) is 30.1. The second-order valence-electron chi connectivity index (χ2n) is 15.0. The first-order valence-corrected chi connectivity index (χ1v) is 18.6. The summed E-state index contributed by atoms with van der Waals surface area (Å²) < 4.78 is 37.5. The van der Waals surface area contributed by atoms with Crippen molar-refractivity contribution in [3.63, 3.8) is 0 Å². The SMILES string of the molecule is CC1(C)c2cc(F)ccc2-c2c1c1c(c3cc(F)ccc23)OC(C2=CC=CCC2)(c2ccc(N(c3ccccc3)c3cccc4ccccc34)cc2)C=C1. The lowest BCUT2D eigenvalue weighted by Crippen LogP contribution is -2.36. The molecule has 2 aliphatic carbocycles. The van der Waals surface area contributed by atoms with Gasteiger partial charge in [-0.05, 0) is 112 Å². The molecule has 7 aromatic rings. The lowest BCUT2D eigenvalue weighted by molar-refractivity contribution is 0.154. The molecule has 7 aromatic carbocycles. The number of allylic oxidation sites excluding steroid dienone is 3. The topological polar surface area (TPSA) is 12.5 Å². The van der Waals surface area contributed by atoms with Crippen molar-refractivity contribution >= 4 is 44.7 Å². The number of hydrogen-bond donors (Lipinski definition) is 0. The van der Waals surface area contributed by atoms with Crippen LogP contribution in [0, 0.1) is 11.6 Å². The lowest BCUT2D eigenvalue weighted by Gasteiger charge is -2.40. The second kappa shape index (κ2) is 12.1. The molecule has 0 bridgehead atoms. The number of rotatable bonds is 5. The minimum atomic E-state index is -0.942. The van der Waals surface area contributed by atoms with E-state index in [2.05, 4.69) is 140 Å². The van der Waals surface area contributed by atoms with Crippen LogP contribution in [0.5, 0.6) is 5.75 Å². The van der Waals surface area contributed by atoms with Gasteiger partial charge in [-0.3, -0.25) is 0 Å². The maximum atomic E-state index is 15.3. The first kappa shape index (κ1) is 32.4. The molecule has 3 aliphatic rings. The van der Waals surface area contributed by atoms with Crippen molar-refractivity contribution in [1.29, 1.82) is 0 Å². The fourth-order valence-corrected chi connectivity index (χ4v) is 9.12. The van der Waals surface area contributed by atoms with Crippen molar-refractivity contribution in [3.8, 4) is 16.9 Å². The van der Waals surface area contributed by atoms with Crippen LogP contribution < -0.4 is 9.64 Å². The van der Waals surface area contributed by atoms with E-state index in [9.17, 15) is 4.39 Å². The van der Waals surface area contributed by atoms with E-state index in [4.69, 9.17) is 4.74 Å². The van der Waals surface area contributed by atoms with Crippen molar-refractivity contribution in [2.45, 2.75) is 37.7 Å². The van der Waals surface area contributed by atoms with Crippen LogP contribution >= 0.6 is 0 Å². The predicted octanol–water partition coefficient (Wildman–Crippen LogP) is 13.6. The predicted molar refractivity (Wildman–Crippen MR) is 218 cm³/mol. The Bertz CT molecular complexity index is 2740. The molecule has 0 radical (unpaired) electrons. The number of hydrogen-bond acceptors (Lipinski definition) is 2. The highest BCUT2D eigenvalue weighted by atomic mass is 19.1. The van der Waals surface area contributed by atoms with Crippen LogP contribution in [-0.2, 0) is 11.0 Å². The van der Waals surface area contributed by atoms with E-state index in [1.807, 2.05) is 18.2 Å². The van der Waals surface area contributed by atoms with Crippen LogP contribution in [0.15, 0.2) is 163 Å². The van der Waals surface area contributed by atoms with E-state index in [1.54, 1.807) is 12.1 Å². The van der Waals surface area contributed by atoms with Crippen LogP contribution in [0.4, 0.5) is 25.8 Å². The van der Waals surface area contributed by atoms with Gasteiger partial charge in [-0.2, -0.15) is 0 Å². The summed E-state index contributed by atoms with van der Waals surface area (Å²) in [6.45, 7) is 4.29. The molecule has 262 valence electrons. The van der Waals surface area contributed by atoms with Gasteiger partial charge in [-0.1, -0.05) is 117 Å². The van der Waals surface area contributed by atoms with Crippen LogP contribution in [-0.4, -0.2) is 0 Å². The van der Waals surface area contributed by atoms with Crippen molar-refractivity contribution < 1.29 is 13.5 Å². The van der Waals surface area contributed by atoms with E-state index in [-0.39, 0.29) is 11.6 Å². The molecule has 1 aliphatic heterocycles. The lowest BCUT2D eigenvalue weighted by atomic mass is 9.76. The average molecular weight is 706 g/mol. The number of ether oxygens (including phenoxy) is 1. The van der Waals surface area contributed by atoms with Gasteiger partial charge in [0.1, 0.15) is 17.4 Å². The first-order chi connectivity index (χ1) is 26.3. The van der Waals surface area contributed by atoms with Crippen LogP contribution in [0.25, 0.3) is 38.7 Å². The van der Waals surface area contributed by atoms with Gasteiger partial charge >= 0.3 is 0 Å². The normalized spacial score (nSPS) is 17.8. The molecule has 0 N–H and O–H groups in total. The minimum absolute atomic E-state index is 0.267. The molecule has 4 heteroatoms. The molecular formula is C50H37F2NO.